The molecule has 7 heteroatoms. The van der Waals surface area contributed by atoms with Crippen LogP contribution in [-0.4, -0.2) is 54.6 Å². The molecular weight excluding hydrogens is 498 g/mol. The number of rotatable bonds is 10. The Morgan fingerprint density at radius 2 is 1.80 bits per heavy atom. The summed E-state index contributed by atoms with van der Waals surface area (Å²) in [6, 6.07) is 17.0. The van der Waals surface area contributed by atoms with E-state index in [1.54, 1.807) is 19.2 Å². The van der Waals surface area contributed by atoms with Crippen molar-refractivity contribution < 1.29 is 9.53 Å². The summed E-state index contributed by atoms with van der Waals surface area (Å²) < 4.78 is 5.39. The van der Waals surface area contributed by atoms with Crippen LogP contribution in [0.4, 0.5) is 5.69 Å². The van der Waals surface area contributed by atoms with Crippen LogP contribution < -0.4 is 15.0 Å². The minimum atomic E-state index is -0.0637. The van der Waals surface area contributed by atoms with E-state index in [1.165, 1.54) is 16.8 Å². The van der Waals surface area contributed by atoms with Crippen LogP contribution >= 0.6 is 0 Å². The zero-order chi connectivity index (χ0) is 28.6. The predicted octanol–water partition coefficient (Wildman–Crippen LogP) is 5.57. The number of hydrogen-bond donors (Lipinski definition) is 1. The molecule has 40 heavy (non-hydrogen) atoms. The lowest BCUT2D eigenvalue weighted by Gasteiger charge is -2.42. The molecule has 2 heterocycles. The van der Waals surface area contributed by atoms with Gasteiger partial charge in [0.25, 0.3) is 5.91 Å². The summed E-state index contributed by atoms with van der Waals surface area (Å²) in [5, 5.41) is 12.3. The number of carbonyl (C=O) groups is 1. The van der Waals surface area contributed by atoms with Crippen molar-refractivity contribution >= 4 is 11.6 Å². The Labute approximate surface area is 238 Å². The van der Waals surface area contributed by atoms with Gasteiger partial charge in [0.15, 0.2) is 0 Å². The Hall–Kier alpha value is -3.89. The van der Waals surface area contributed by atoms with Crippen molar-refractivity contribution in [2.75, 3.05) is 31.6 Å². The van der Waals surface area contributed by atoms with Gasteiger partial charge in [-0.1, -0.05) is 0 Å². The lowest BCUT2D eigenvalue weighted by atomic mass is 9.98. The zero-order valence-corrected chi connectivity index (χ0v) is 24.4. The number of hydrogen-bond acceptors (Lipinski definition) is 6. The minimum Gasteiger partial charge on any atom is -0.497 e. The molecule has 2 aromatic carbocycles. The number of amides is 1. The van der Waals surface area contributed by atoms with Gasteiger partial charge in [0.2, 0.25) is 0 Å². The van der Waals surface area contributed by atoms with Gasteiger partial charge in [-0.15, -0.1) is 0 Å². The molecule has 0 saturated carbocycles. The van der Waals surface area contributed by atoms with Gasteiger partial charge in [-0.25, -0.2) is 0 Å². The Morgan fingerprint density at radius 1 is 1.12 bits per heavy atom. The average Bonchev–Trinajstić information content (AvgIpc) is 2.96. The molecule has 1 saturated heterocycles. The zero-order valence-electron chi connectivity index (χ0n) is 24.4. The first-order chi connectivity index (χ1) is 19.3. The number of carbonyl (C=O) groups excluding carboxylic acids is 1. The van der Waals surface area contributed by atoms with E-state index in [2.05, 4.69) is 58.2 Å². The quantitative estimate of drug-likeness (QED) is 0.363. The van der Waals surface area contributed by atoms with E-state index >= 15 is 0 Å². The average molecular weight is 540 g/mol. The molecule has 0 radical (unpaired) electrons. The highest BCUT2D eigenvalue weighted by molar-refractivity contribution is 5.97. The molecule has 0 unspecified atom stereocenters. The maximum atomic E-state index is 12.9. The van der Waals surface area contributed by atoms with Crippen LogP contribution in [0.2, 0.25) is 0 Å². The van der Waals surface area contributed by atoms with Gasteiger partial charge >= 0.3 is 0 Å². The maximum Gasteiger partial charge on any atom is 0.251 e. The second-order valence-corrected chi connectivity index (χ2v) is 10.9. The Kier molecular flexibility index (Phi) is 9.79. The minimum absolute atomic E-state index is 0.0637. The molecule has 3 aromatic rings. The number of nitriles is 1. The summed E-state index contributed by atoms with van der Waals surface area (Å²) in [7, 11) is 1.70. The van der Waals surface area contributed by atoms with Gasteiger partial charge in [0.05, 0.1) is 18.7 Å². The van der Waals surface area contributed by atoms with Crippen molar-refractivity contribution in [3.05, 3.63) is 88.2 Å². The SMILES string of the molecule is COc1ccc(N(Cc2cnccc2C)C2CCN([C@H](C)CCNC(=O)c3c(C)cc(C#N)cc3C)CC2)cc1. The summed E-state index contributed by atoms with van der Waals surface area (Å²) in [4.78, 5) is 22.3. The summed E-state index contributed by atoms with van der Waals surface area (Å²) in [5.41, 5.74) is 6.65. The third-order valence-electron chi connectivity index (χ3n) is 8.19. The van der Waals surface area contributed by atoms with E-state index in [-0.39, 0.29) is 5.91 Å². The van der Waals surface area contributed by atoms with Gasteiger partial charge in [0, 0.05) is 61.9 Å². The van der Waals surface area contributed by atoms with Crippen molar-refractivity contribution in [1.82, 2.24) is 15.2 Å². The number of benzene rings is 2. The first kappa shape index (κ1) is 29.1. The van der Waals surface area contributed by atoms with Crippen LogP contribution in [0.25, 0.3) is 0 Å². The fraction of sp³-hybridized carbons (Fsp3) is 0.424. The van der Waals surface area contributed by atoms with E-state index in [1.807, 2.05) is 38.4 Å². The van der Waals surface area contributed by atoms with Crippen molar-refractivity contribution in [2.45, 2.75) is 65.6 Å². The van der Waals surface area contributed by atoms with Gasteiger partial charge in [0.1, 0.15) is 5.75 Å². The van der Waals surface area contributed by atoms with E-state index in [9.17, 15) is 10.1 Å². The molecular formula is C33H41N5O2. The highest BCUT2D eigenvalue weighted by Gasteiger charge is 2.28. The third kappa shape index (κ3) is 7.00. The monoisotopic (exact) mass is 539 g/mol. The van der Waals surface area contributed by atoms with Crippen molar-refractivity contribution in [1.29, 1.82) is 5.26 Å². The number of nitrogens with zero attached hydrogens (tertiary/aromatic N) is 4. The van der Waals surface area contributed by atoms with Gasteiger partial charge in [-0.05, 0) is 112 Å². The molecule has 1 amide bonds. The number of likely N-dealkylation sites (tertiary alicyclic amines) is 1. The Morgan fingerprint density at radius 3 is 2.40 bits per heavy atom. The van der Waals surface area contributed by atoms with E-state index < -0.39 is 0 Å². The van der Waals surface area contributed by atoms with Crippen LogP contribution in [-0.2, 0) is 6.54 Å². The lowest BCUT2D eigenvalue weighted by Crippen LogP contribution is -2.48. The second-order valence-electron chi connectivity index (χ2n) is 10.9. The number of pyridine rings is 1. The molecule has 4 rings (SSSR count). The molecule has 1 aliphatic heterocycles. The molecule has 0 aliphatic carbocycles. The summed E-state index contributed by atoms with van der Waals surface area (Å²) in [6.45, 7) is 11.7. The topological polar surface area (TPSA) is 81.5 Å². The van der Waals surface area contributed by atoms with Gasteiger partial charge in [-0.2, -0.15) is 5.26 Å². The van der Waals surface area contributed by atoms with Crippen LogP contribution in [0.5, 0.6) is 5.75 Å². The summed E-state index contributed by atoms with van der Waals surface area (Å²) in [6.07, 6.45) is 6.88. The smallest absolute Gasteiger partial charge is 0.251 e. The standard InChI is InChI=1S/C33H41N5O2/c1-23-10-14-35-21-28(23)22-38(29-6-8-31(40-5)9-7-29)30-12-16-37(17-13-30)26(4)11-15-36-33(39)32-24(2)18-27(20-34)19-25(32)3/h6-10,14,18-19,21,26,30H,11-13,15-17,22H2,1-5H3,(H,36,39)/t26-/m1/s1. The highest BCUT2D eigenvalue weighted by Crippen LogP contribution is 2.29. The Balaban J connectivity index is 1.34. The number of ether oxygens (including phenoxy) is 1. The molecule has 1 aromatic heterocycles. The van der Waals surface area contributed by atoms with E-state index in [0.29, 0.717) is 29.8 Å². The number of aryl methyl sites for hydroxylation is 3. The maximum absolute atomic E-state index is 12.9. The molecule has 210 valence electrons. The van der Waals surface area contributed by atoms with E-state index in [0.717, 1.165) is 55.8 Å². The molecule has 1 aliphatic rings. The third-order valence-corrected chi connectivity index (χ3v) is 8.19. The Bertz CT molecular complexity index is 1320. The number of anilines is 1. The number of aromatic nitrogens is 1. The van der Waals surface area contributed by atoms with Crippen molar-refractivity contribution in [2.24, 2.45) is 0 Å². The number of piperidine rings is 1. The van der Waals surface area contributed by atoms with Crippen LogP contribution in [0.3, 0.4) is 0 Å². The van der Waals surface area contributed by atoms with Gasteiger partial charge < -0.3 is 19.9 Å². The second kappa shape index (κ2) is 13.5. The lowest BCUT2D eigenvalue weighted by molar-refractivity contribution is 0.0944. The predicted molar refractivity (Wildman–Crippen MR) is 160 cm³/mol. The number of nitrogens with one attached hydrogen (secondary N) is 1. The van der Waals surface area contributed by atoms with E-state index in [4.69, 9.17) is 4.74 Å². The van der Waals surface area contributed by atoms with Crippen molar-refractivity contribution in [3.63, 3.8) is 0 Å². The fourth-order valence-electron chi connectivity index (χ4n) is 5.74. The van der Waals surface area contributed by atoms with Gasteiger partial charge in [-0.3, -0.25) is 9.78 Å². The van der Waals surface area contributed by atoms with Crippen LogP contribution in [0.15, 0.2) is 54.9 Å². The highest BCUT2D eigenvalue weighted by atomic mass is 16.5. The van der Waals surface area contributed by atoms with Crippen LogP contribution in [0.1, 0.15) is 64.4 Å². The first-order valence-corrected chi connectivity index (χ1v) is 14.1. The first-order valence-electron chi connectivity index (χ1n) is 14.1. The normalized spacial score (nSPS) is 14.8. The largest absolute Gasteiger partial charge is 0.497 e. The molecule has 1 atom stereocenters. The molecule has 7 nitrogen and oxygen atoms in total. The fourth-order valence-corrected chi connectivity index (χ4v) is 5.74. The summed E-state index contributed by atoms with van der Waals surface area (Å²) >= 11 is 0. The number of methoxy groups -OCH3 is 1. The summed E-state index contributed by atoms with van der Waals surface area (Å²) in [5.74, 6) is 0.799. The molecule has 0 bridgehead atoms. The van der Waals surface area contributed by atoms with Crippen LogP contribution in [0, 0.1) is 32.1 Å². The molecule has 0 spiro atoms. The van der Waals surface area contributed by atoms with Crippen molar-refractivity contribution in [3.8, 4) is 11.8 Å². The molecule has 1 fully saturated rings. The molecule has 1 N–H and O–H groups in total.